The highest BCUT2D eigenvalue weighted by Crippen LogP contribution is 2.31. The predicted molar refractivity (Wildman–Crippen MR) is 148 cm³/mol. The fourth-order valence-corrected chi connectivity index (χ4v) is 5.16. The lowest BCUT2D eigenvalue weighted by Gasteiger charge is -2.34. The van der Waals surface area contributed by atoms with Crippen LogP contribution in [-0.2, 0) is 20.8 Å². The molecule has 10 nitrogen and oxygen atoms in total. The summed E-state index contributed by atoms with van der Waals surface area (Å²) in [6.07, 6.45) is 5.72. The van der Waals surface area contributed by atoms with Gasteiger partial charge in [0.05, 0.1) is 4.47 Å². The molecule has 2 aromatic rings. The first kappa shape index (κ1) is 29.6. The topological polar surface area (TPSA) is 142 Å². The predicted octanol–water partition coefficient (Wildman–Crippen LogP) is 3.75. The van der Waals surface area contributed by atoms with Gasteiger partial charge in [-0.2, -0.15) is 0 Å². The van der Waals surface area contributed by atoms with Gasteiger partial charge in [-0.1, -0.05) is 37.7 Å². The van der Waals surface area contributed by atoms with Gasteiger partial charge in [0.25, 0.3) is 5.91 Å². The number of carboxylic acid groups (broad SMARTS) is 1. The molecule has 0 spiro atoms. The van der Waals surface area contributed by atoms with E-state index < -0.39 is 29.2 Å². The van der Waals surface area contributed by atoms with Gasteiger partial charge in [0, 0.05) is 31.4 Å². The van der Waals surface area contributed by atoms with Crippen molar-refractivity contribution in [2.45, 2.75) is 57.1 Å². The molecule has 3 rings (SSSR count). The molecule has 1 saturated heterocycles. The number of aromatic nitrogens is 2. The van der Waals surface area contributed by atoms with Crippen molar-refractivity contribution in [3.8, 4) is 0 Å². The van der Waals surface area contributed by atoms with Crippen molar-refractivity contribution in [3.63, 3.8) is 0 Å². The molecule has 1 atom stereocenters. The fraction of sp³-hybridized carbons (Fsp3) is 0.462. The maximum atomic E-state index is 13.3. The van der Waals surface area contributed by atoms with Crippen LogP contribution in [0.2, 0.25) is 0 Å². The zero-order valence-corrected chi connectivity index (χ0v) is 24.0. The van der Waals surface area contributed by atoms with Crippen LogP contribution in [0.1, 0.15) is 55.6 Å². The third-order valence-corrected chi connectivity index (χ3v) is 7.96. The Morgan fingerprint density at radius 1 is 1.13 bits per heavy atom. The van der Waals surface area contributed by atoms with E-state index in [-0.39, 0.29) is 30.9 Å². The number of hydrogen-bond acceptors (Lipinski definition) is 7. The van der Waals surface area contributed by atoms with Gasteiger partial charge < -0.3 is 20.6 Å². The number of carboxylic acids is 1. The molecule has 2 heterocycles. The maximum absolute atomic E-state index is 13.3. The highest BCUT2D eigenvalue weighted by molar-refractivity contribution is 9.10. The number of nitrogens with zero attached hydrogens (tertiary/aromatic N) is 3. The Labute approximate surface area is 234 Å². The Hall–Kier alpha value is -2.99. The largest absolute Gasteiger partial charge is 0.480 e. The first-order valence-electron chi connectivity index (χ1n) is 12.4. The number of anilines is 1. The number of likely N-dealkylation sites (tertiary alicyclic amines) is 1. The van der Waals surface area contributed by atoms with Crippen LogP contribution < -0.4 is 10.6 Å². The van der Waals surface area contributed by atoms with Crippen LogP contribution in [0.25, 0.3) is 0 Å². The molecule has 0 radical (unpaired) electrons. The molecule has 0 aliphatic carbocycles. The molecule has 38 heavy (non-hydrogen) atoms. The summed E-state index contributed by atoms with van der Waals surface area (Å²) in [6.45, 7) is 4.79. The van der Waals surface area contributed by atoms with Gasteiger partial charge in [-0.3, -0.25) is 14.4 Å². The molecule has 3 amide bonds. The smallest absolute Gasteiger partial charge is 0.326 e. The Bertz CT molecular complexity index is 1180. The van der Waals surface area contributed by atoms with E-state index in [1.54, 1.807) is 43.0 Å². The third kappa shape index (κ3) is 6.71. The van der Waals surface area contributed by atoms with E-state index in [2.05, 4.69) is 36.5 Å². The van der Waals surface area contributed by atoms with Gasteiger partial charge >= 0.3 is 5.97 Å². The average Bonchev–Trinajstić information content (AvgIpc) is 3.45. The van der Waals surface area contributed by atoms with E-state index >= 15 is 0 Å². The molecule has 3 N–H and O–H groups in total. The van der Waals surface area contributed by atoms with Crippen molar-refractivity contribution in [3.05, 3.63) is 46.2 Å². The minimum Gasteiger partial charge on any atom is -0.480 e. The van der Waals surface area contributed by atoms with Gasteiger partial charge in [-0.05, 0) is 65.6 Å². The van der Waals surface area contributed by atoms with E-state index in [9.17, 15) is 24.3 Å². The summed E-state index contributed by atoms with van der Waals surface area (Å²) >= 11 is 4.61. The van der Waals surface area contributed by atoms with Crippen molar-refractivity contribution >= 4 is 57.1 Å². The highest BCUT2D eigenvalue weighted by atomic mass is 79.9. The molecule has 1 aliphatic rings. The van der Waals surface area contributed by atoms with Crippen LogP contribution in [0.15, 0.2) is 40.1 Å². The molecular weight excluding hydrogens is 574 g/mol. The summed E-state index contributed by atoms with van der Waals surface area (Å²) in [5, 5.41) is 15.7. The number of hydrogen-bond donors (Lipinski definition) is 3. The molecule has 204 valence electrons. The van der Waals surface area contributed by atoms with Gasteiger partial charge in [0.15, 0.2) is 5.16 Å². The normalized spacial score (nSPS) is 14.2. The highest BCUT2D eigenvalue weighted by Gasteiger charge is 2.46. The standard InChI is InChI=1S/C26H32BrN5O5S/c1-4-26(5-2,24(37)32-12-6-7-13-32)23(36)30-19(22(34)35)14-16-8-10-17(11-9-16)29-21(33)20-18(27)15-28-25(31-20)38-3/h8-11,15,19H,4-7,12-14H2,1-3H3,(H,29,33)(H,30,36)(H,34,35). The number of thioether (sulfide) groups is 1. The Morgan fingerprint density at radius 3 is 2.32 bits per heavy atom. The number of carbonyl (C=O) groups is 4. The van der Waals surface area contributed by atoms with Crippen LogP contribution in [0.4, 0.5) is 5.69 Å². The summed E-state index contributed by atoms with van der Waals surface area (Å²) < 4.78 is 0.461. The van der Waals surface area contributed by atoms with E-state index in [0.717, 1.165) is 12.8 Å². The van der Waals surface area contributed by atoms with Crippen LogP contribution in [0, 0.1) is 5.41 Å². The second kappa shape index (κ2) is 13.2. The Balaban J connectivity index is 1.69. The van der Waals surface area contributed by atoms with Crippen molar-refractivity contribution in [2.24, 2.45) is 5.41 Å². The molecule has 12 heteroatoms. The summed E-state index contributed by atoms with van der Waals surface area (Å²) in [5.74, 6) is -2.41. The van der Waals surface area contributed by atoms with E-state index in [4.69, 9.17) is 0 Å². The first-order chi connectivity index (χ1) is 18.1. The SMILES string of the molecule is CCC(CC)(C(=O)NC(Cc1ccc(NC(=O)c2nc(SC)ncc2Br)cc1)C(=O)O)C(=O)N1CCCC1. The minimum absolute atomic E-state index is 0.0191. The van der Waals surface area contributed by atoms with Crippen molar-refractivity contribution in [1.29, 1.82) is 0 Å². The number of halogens is 1. The van der Waals surface area contributed by atoms with E-state index in [1.807, 2.05) is 6.26 Å². The molecular formula is C26H32BrN5O5S. The molecule has 1 aromatic heterocycles. The second-order valence-corrected chi connectivity index (χ2v) is 10.7. The number of aliphatic carboxylic acids is 1. The van der Waals surface area contributed by atoms with Crippen LogP contribution in [-0.4, -0.2) is 69.1 Å². The molecule has 1 unspecified atom stereocenters. The van der Waals surface area contributed by atoms with Gasteiger partial charge in [0.1, 0.15) is 17.2 Å². The zero-order valence-electron chi connectivity index (χ0n) is 21.6. The molecule has 0 saturated carbocycles. The number of benzene rings is 1. The molecule has 1 aliphatic heterocycles. The quantitative estimate of drug-likeness (QED) is 0.200. The molecule has 1 aromatic carbocycles. The maximum Gasteiger partial charge on any atom is 0.326 e. The number of carbonyl (C=O) groups excluding carboxylic acids is 3. The average molecular weight is 607 g/mol. The van der Waals surface area contributed by atoms with Gasteiger partial charge in [-0.25, -0.2) is 14.8 Å². The summed E-state index contributed by atoms with van der Waals surface area (Å²) in [7, 11) is 0. The van der Waals surface area contributed by atoms with Crippen molar-refractivity contribution in [2.75, 3.05) is 24.7 Å². The summed E-state index contributed by atoms with van der Waals surface area (Å²) in [5.41, 5.74) is 0.0458. The lowest BCUT2D eigenvalue weighted by atomic mass is 9.79. The summed E-state index contributed by atoms with van der Waals surface area (Å²) in [4.78, 5) is 61.3. The van der Waals surface area contributed by atoms with Crippen LogP contribution in [0.3, 0.4) is 0 Å². The lowest BCUT2D eigenvalue weighted by Crippen LogP contribution is -2.55. The van der Waals surface area contributed by atoms with E-state index in [1.165, 1.54) is 18.0 Å². The summed E-state index contributed by atoms with van der Waals surface area (Å²) in [6, 6.07) is 5.45. The number of rotatable bonds is 11. The zero-order chi connectivity index (χ0) is 27.9. The third-order valence-electron chi connectivity index (χ3n) is 6.82. The first-order valence-corrected chi connectivity index (χ1v) is 14.5. The fourth-order valence-electron chi connectivity index (χ4n) is 4.45. The Morgan fingerprint density at radius 2 is 1.76 bits per heavy atom. The lowest BCUT2D eigenvalue weighted by molar-refractivity contribution is -0.153. The van der Waals surface area contributed by atoms with Crippen molar-refractivity contribution < 1.29 is 24.3 Å². The van der Waals surface area contributed by atoms with Gasteiger partial charge in [0.2, 0.25) is 11.8 Å². The molecule has 1 fully saturated rings. The number of amides is 3. The molecule has 0 bridgehead atoms. The monoisotopic (exact) mass is 605 g/mol. The second-order valence-electron chi connectivity index (χ2n) is 9.06. The van der Waals surface area contributed by atoms with Crippen molar-refractivity contribution in [1.82, 2.24) is 20.2 Å². The Kier molecular flexibility index (Phi) is 10.3. The van der Waals surface area contributed by atoms with Gasteiger partial charge in [-0.15, -0.1) is 0 Å². The number of nitrogens with one attached hydrogen (secondary N) is 2. The van der Waals surface area contributed by atoms with E-state index in [0.29, 0.717) is 34.0 Å². The van der Waals surface area contributed by atoms with Crippen LogP contribution >= 0.6 is 27.7 Å². The van der Waals surface area contributed by atoms with Crippen LogP contribution in [0.5, 0.6) is 0 Å². The minimum atomic E-state index is -1.29.